The van der Waals surface area contributed by atoms with Gasteiger partial charge in [0.15, 0.2) is 0 Å². The molecule has 2 aromatic rings. The average molecular weight is 168 g/mol. The van der Waals surface area contributed by atoms with Gasteiger partial charge in [-0.25, -0.2) is 0 Å². The maximum atomic E-state index is 4.60. The number of terminal acetylenes is 1. The van der Waals surface area contributed by atoms with Crippen LogP contribution in [0.4, 0.5) is 0 Å². The van der Waals surface area contributed by atoms with Crippen molar-refractivity contribution in [3.8, 4) is 12.3 Å². The molecule has 0 unspecified atom stereocenters. The van der Waals surface area contributed by atoms with Gasteiger partial charge in [0.2, 0.25) is 0 Å². The molecule has 0 fully saturated rings. The fraction of sp³-hybridized carbons (Fsp3) is 0.0769. The molecular formula is C13H12. The van der Waals surface area contributed by atoms with E-state index < -0.39 is 0 Å². The van der Waals surface area contributed by atoms with Gasteiger partial charge >= 0.3 is 0 Å². The van der Waals surface area contributed by atoms with Gasteiger partial charge in [0.05, 0.1) is 0 Å². The highest BCUT2D eigenvalue weighted by molar-refractivity contribution is 5.81. The van der Waals surface area contributed by atoms with Crippen LogP contribution in [0.5, 0.6) is 0 Å². The zero-order valence-electron chi connectivity index (χ0n) is 7.70. The molecule has 0 aliphatic heterocycles. The Morgan fingerprint density at radius 3 is 1.31 bits per heavy atom. The molecule has 2 rings (SSSR count). The molecule has 0 atom stereocenters. The second-order valence-electron chi connectivity index (χ2n) is 2.64. The molecule has 0 heteroatoms. The summed E-state index contributed by atoms with van der Waals surface area (Å²) in [7, 11) is 0. The van der Waals surface area contributed by atoms with E-state index in [4.69, 9.17) is 0 Å². The number of hydrogen-bond donors (Lipinski definition) is 0. The highest BCUT2D eigenvalue weighted by atomic mass is 13.9. The molecular weight excluding hydrogens is 156 g/mol. The molecule has 13 heavy (non-hydrogen) atoms. The van der Waals surface area contributed by atoms with Crippen molar-refractivity contribution >= 4 is 10.8 Å². The largest absolute Gasteiger partial charge is 0.120 e. The Kier molecular flexibility index (Phi) is 3.60. The summed E-state index contributed by atoms with van der Waals surface area (Å²) in [5.41, 5.74) is 0. The Bertz CT molecular complexity index is 342. The molecule has 0 bridgehead atoms. The Morgan fingerprint density at radius 1 is 0.846 bits per heavy atom. The molecule has 0 nitrogen and oxygen atoms in total. The summed E-state index contributed by atoms with van der Waals surface area (Å²) < 4.78 is 0. The van der Waals surface area contributed by atoms with Crippen molar-refractivity contribution in [3.05, 3.63) is 48.5 Å². The summed E-state index contributed by atoms with van der Waals surface area (Å²) in [5, 5.41) is 2.62. The van der Waals surface area contributed by atoms with Gasteiger partial charge in [-0.05, 0) is 17.7 Å². The van der Waals surface area contributed by atoms with Crippen LogP contribution in [0.1, 0.15) is 6.92 Å². The molecule has 0 amide bonds. The first-order chi connectivity index (χ1) is 6.38. The normalized spacial score (nSPS) is 8.31. The maximum Gasteiger partial charge on any atom is -0.00297 e. The van der Waals surface area contributed by atoms with E-state index in [2.05, 4.69) is 60.9 Å². The molecule has 2 aromatic carbocycles. The van der Waals surface area contributed by atoms with Gasteiger partial charge in [-0.15, -0.1) is 12.3 Å². The summed E-state index contributed by atoms with van der Waals surface area (Å²) >= 11 is 0. The van der Waals surface area contributed by atoms with Crippen LogP contribution >= 0.6 is 0 Å². The van der Waals surface area contributed by atoms with Gasteiger partial charge in [-0.1, -0.05) is 48.5 Å². The third kappa shape index (κ3) is 2.65. The van der Waals surface area contributed by atoms with Crippen LogP contribution in [0, 0.1) is 12.3 Å². The molecule has 0 spiro atoms. The van der Waals surface area contributed by atoms with Crippen molar-refractivity contribution in [1.82, 2.24) is 0 Å². The second kappa shape index (κ2) is 5.00. The van der Waals surface area contributed by atoms with Crippen LogP contribution in [0.25, 0.3) is 10.8 Å². The summed E-state index contributed by atoms with van der Waals surface area (Å²) in [6.07, 6.45) is 4.60. The van der Waals surface area contributed by atoms with Crippen LogP contribution in [-0.2, 0) is 0 Å². The van der Waals surface area contributed by atoms with Crippen LogP contribution in [0.15, 0.2) is 48.5 Å². The third-order valence-corrected chi connectivity index (χ3v) is 1.66. The Balaban J connectivity index is 0.000000251. The van der Waals surface area contributed by atoms with E-state index in [1.54, 1.807) is 6.92 Å². The lowest BCUT2D eigenvalue weighted by atomic mass is 10.1. The van der Waals surface area contributed by atoms with E-state index in [1.807, 2.05) is 0 Å². The first-order valence-electron chi connectivity index (χ1n) is 4.19. The zero-order valence-corrected chi connectivity index (χ0v) is 7.70. The lowest BCUT2D eigenvalue weighted by molar-refractivity contribution is 1.75. The van der Waals surface area contributed by atoms with Crippen molar-refractivity contribution in [2.45, 2.75) is 6.92 Å². The number of benzene rings is 2. The number of fused-ring (bicyclic) bond motifs is 1. The Hall–Kier alpha value is -1.74. The Morgan fingerprint density at radius 2 is 1.08 bits per heavy atom. The van der Waals surface area contributed by atoms with Gasteiger partial charge in [0.1, 0.15) is 0 Å². The maximum absolute atomic E-state index is 4.60. The minimum absolute atomic E-state index is 1.31. The highest BCUT2D eigenvalue weighted by Gasteiger charge is 1.85. The molecule has 0 heterocycles. The summed E-state index contributed by atoms with van der Waals surface area (Å²) in [4.78, 5) is 0. The quantitative estimate of drug-likeness (QED) is 0.528. The summed E-state index contributed by atoms with van der Waals surface area (Å²) in [6.45, 7) is 1.65. The van der Waals surface area contributed by atoms with Crippen molar-refractivity contribution in [2.75, 3.05) is 0 Å². The number of hydrogen-bond acceptors (Lipinski definition) is 0. The fourth-order valence-corrected chi connectivity index (χ4v) is 1.13. The van der Waals surface area contributed by atoms with E-state index >= 15 is 0 Å². The van der Waals surface area contributed by atoms with Crippen LogP contribution < -0.4 is 0 Å². The van der Waals surface area contributed by atoms with Crippen LogP contribution in [0.2, 0.25) is 0 Å². The van der Waals surface area contributed by atoms with E-state index in [9.17, 15) is 0 Å². The summed E-state index contributed by atoms with van der Waals surface area (Å²) in [5.74, 6) is 2.25. The van der Waals surface area contributed by atoms with Crippen molar-refractivity contribution in [3.63, 3.8) is 0 Å². The minimum atomic E-state index is 1.31. The van der Waals surface area contributed by atoms with Gasteiger partial charge in [0, 0.05) is 0 Å². The smallest absolute Gasteiger partial charge is 0.00297 e. The van der Waals surface area contributed by atoms with E-state index in [-0.39, 0.29) is 0 Å². The predicted molar refractivity (Wildman–Crippen MR) is 58.5 cm³/mol. The van der Waals surface area contributed by atoms with E-state index in [0.717, 1.165) is 0 Å². The van der Waals surface area contributed by atoms with Gasteiger partial charge in [0.25, 0.3) is 0 Å². The van der Waals surface area contributed by atoms with Crippen LogP contribution in [-0.4, -0.2) is 0 Å². The molecule has 64 valence electrons. The second-order valence-corrected chi connectivity index (χ2v) is 2.64. The predicted octanol–water partition coefficient (Wildman–Crippen LogP) is 3.48. The van der Waals surface area contributed by atoms with Gasteiger partial charge in [-0.2, -0.15) is 0 Å². The molecule has 0 aliphatic carbocycles. The van der Waals surface area contributed by atoms with E-state index in [0.29, 0.717) is 0 Å². The monoisotopic (exact) mass is 168 g/mol. The van der Waals surface area contributed by atoms with Gasteiger partial charge < -0.3 is 0 Å². The van der Waals surface area contributed by atoms with Crippen molar-refractivity contribution in [2.24, 2.45) is 0 Å². The van der Waals surface area contributed by atoms with Crippen LogP contribution in [0.3, 0.4) is 0 Å². The SMILES string of the molecule is C#CC.c1ccc2ccccc2c1. The summed E-state index contributed by atoms with van der Waals surface area (Å²) in [6, 6.07) is 16.7. The lowest BCUT2D eigenvalue weighted by Crippen LogP contribution is -1.67. The first-order valence-corrected chi connectivity index (χ1v) is 4.19. The molecule has 0 saturated carbocycles. The van der Waals surface area contributed by atoms with E-state index in [1.165, 1.54) is 10.8 Å². The lowest BCUT2D eigenvalue weighted by Gasteiger charge is -1.92. The molecule has 0 radical (unpaired) electrons. The standard InChI is InChI=1S/C10H8.C3H4/c1-2-6-10-8-4-3-7-9(10)5-1;1-3-2/h1-8H;1H,2H3. The van der Waals surface area contributed by atoms with Crippen molar-refractivity contribution < 1.29 is 0 Å². The van der Waals surface area contributed by atoms with Gasteiger partial charge in [-0.3, -0.25) is 0 Å². The Labute approximate surface area is 79.2 Å². The fourth-order valence-electron chi connectivity index (χ4n) is 1.13. The third-order valence-electron chi connectivity index (χ3n) is 1.66. The zero-order chi connectivity index (χ0) is 9.52. The molecule has 0 aliphatic rings. The molecule has 0 N–H and O–H groups in total. The molecule has 0 saturated heterocycles. The minimum Gasteiger partial charge on any atom is -0.120 e. The molecule has 0 aromatic heterocycles. The average Bonchev–Trinajstić information content (AvgIpc) is 2.19. The number of rotatable bonds is 0. The first kappa shape index (κ1) is 9.35. The topological polar surface area (TPSA) is 0 Å². The van der Waals surface area contributed by atoms with Crippen molar-refractivity contribution in [1.29, 1.82) is 0 Å². The highest BCUT2D eigenvalue weighted by Crippen LogP contribution is 2.11.